The van der Waals surface area contributed by atoms with Crippen LogP contribution in [0.4, 0.5) is 15.8 Å². The Morgan fingerprint density at radius 1 is 0.938 bits per heavy atom. The summed E-state index contributed by atoms with van der Waals surface area (Å²) in [7, 11) is 0. The summed E-state index contributed by atoms with van der Waals surface area (Å²) in [4.78, 5) is 36.0. The molecule has 1 aromatic heterocycles. The highest BCUT2D eigenvalue weighted by Crippen LogP contribution is 2.38. The summed E-state index contributed by atoms with van der Waals surface area (Å²) in [5, 5.41) is 3.84. The molecule has 162 valence electrons. The molecular weight excluding hydrogens is 474 g/mol. The van der Waals surface area contributed by atoms with E-state index in [1.165, 1.54) is 24.3 Å². The molecule has 0 bridgehead atoms. The fourth-order valence-corrected chi connectivity index (χ4v) is 4.39. The van der Waals surface area contributed by atoms with E-state index < -0.39 is 17.6 Å². The summed E-state index contributed by atoms with van der Waals surface area (Å²) in [6.45, 7) is 3.60. The number of nitrogens with one attached hydrogen (secondary N) is 1. The molecule has 1 aliphatic rings. The Morgan fingerprint density at radius 2 is 1.62 bits per heavy atom. The van der Waals surface area contributed by atoms with Crippen molar-refractivity contribution >= 4 is 58.2 Å². The van der Waals surface area contributed by atoms with Crippen LogP contribution in [0.5, 0.6) is 0 Å². The topological polar surface area (TPSA) is 75.2 Å². The molecule has 0 radical (unpaired) electrons. The summed E-state index contributed by atoms with van der Waals surface area (Å²) in [5.41, 5.74) is 1.67. The lowest BCUT2D eigenvalue weighted by Crippen LogP contribution is -2.33. The van der Waals surface area contributed by atoms with Gasteiger partial charge in [0.15, 0.2) is 5.16 Å². The summed E-state index contributed by atoms with van der Waals surface area (Å²) in [6, 6.07) is 12.1. The predicted octanol–water partition coefficient (Wildman–Crippen LogP) is 5.53. The first kappa shape index (κ1) is 22.3. The molecule has 0 atom stereocenters. The molecule has 2 aromatic carbocycles. The number of anilines is 2. The fourth-order valence-electron chi connectivity index (χ4n) is 3.12. The van der Waals surface area contributed by atoms with Crippen LogP contribution >= 0.6 is 35.0 Å². The van der Waals surface area contributed by atoms with Gasteiger partial charge in [-0.1, -0.05) is 35.3 Å². The second-order valence-electron chi connectivity index (χ2n) is 6.89. The largest absolute Gasteiger partial charge is 0.350 e. The number of benzene rings is 2. The van der Waals surface area contributed by atoms with Gasteiger partial charge in [0.2, 0.25) is 0 Å². The molecule has 2 amide bonds. The van der Waals surface area contributed by atoms with Gasteiger partial charge in [-0.25, -0.2) is 19.3 Å². The molecule has 3 aromatic rings. The molecule has 0 aliphatic carbocycles. The quantitative estimate of drug-likeness (QED) is 0.375. The maximum Gasteiger partial charge on any atom is 0.283 e. The minimum absolute atomic E-state index is 0.0364. The van der Waals surface area contributed by atoms with E-state index >= 15 is 0 Å². The van der Waals surface area contributed by atoms with E-state index in [9.17, 15) is 14.0 Å². The number of halogens is 3. The van der Waals surface area contributed by atoms with Crippen LogP contribution in [0.2, 0.25) is 10.0 Å². The number of hydrogen-bond acceptors (Lipinski definition) is 6. The Balaban J connectivity index is 1.79. The minimum Gasteiger partial charge on any atom is -0.350 e. The van der Waals surface area contributed by atoms with Crippen LogP contribution in [-0.2, 0) is 9.59 Å². The highest BCUT2D eigenvalue weighted by molar-refractivity contribution is 8.04. The van der Waals surface area contributed by atoms with Crippen LogP contribution in [0.1, 0.15) is 11.4 Å². The number of carbonyl (C=O) groups is 2. The number of aromatic nitrogens is 2. The maximum atomic E-state index is 14.5. The first-order valence-corrected chi connectivity index (χ1v) is 10.9. The number of rotatable bonds is 5. The van der Waals surface area contributed by atoms with E-state index in [1.807, 2.05) is 0 Å². The van der Waals surface area contributed by atoms with Crippen molar-refractivity contribution in [2.75, 3.05) is 10.2 Å². The average Bonchev–Trinajstić information content (AvgIpc) is 2.94. The lowest BCUT2D eigenvalue weighted by atomic mass is 10.2. The van der Waals surface area contributed by atoms with Gasteiger partial charge in [-0.2, -0.15) is 0 Å². The van der Waals surface area contributed by atoms with Crippen LogP contribution in [0.15, 0.2) is 64.3 Å². The zero-order chi connectivity index (χ0) is 23.0. The number of carbonyl (C=O) groups excluding carboxylic acids is 2. The first-order chi connectivity index (χ1) is 15.2. The van der Waals surface area contributed by atoms with Gasteiger partial charge < -0.3 is 5.32 Å². The molecule has 2 heterocycles. The molecule has 0 saturated heterocycles. The molecule has 1 aliphatic heterocycles. The molecule has 10 heteroatoms. The normalized spacial score (nSPS) is 13.8. The summed E-state index contributed by atoms with van der Waals surface area (Å²) in [5.74, 6) is -2.09. The zero-order valence-corrected chi connectivity index (χ0v) is 19.1. The second-order valence-corrected chi connectivity index (χ2v) is 8.68. The van der Waals surface area contributed by atoms with Crippen molar-refractivity contribution in [3.8, 4) is 0 Å². The number of amides is 2. The van der Waals surface area contributed by atoms with Gasteiger partial charge in [0.05, 0.1) is 15.7 Å². The summed E-state index contributed by atoms with van der Waals surface area (Å²) >= 11 is 13.0. The SMILES string of the molecule is Cc1cc(C)nc(SC2=C(Nc3ccc(Cl)c(Cl)c3)C(=O)N(c3ccccc3F)C2=O)n1. The molecule has 0 spiro atoms. The molecule has 6 nitrogen and oxygen atoms in total. The van der Waals surface area contributed by atoms with Gasteiger partial charge in [-0.15, -0.1) is 0 Å². The van der Waals surface area contributed by atoms with Crippen molar-refractivity contribution in [1.29, 1.82) is 0 Å². The van der Waals surface area contributed by atoms with Gasteiger partial charge in [-0.05, 0) is 62.0 Å². The average molecular weight is 489 g/mol. The number of hydrogen-bond donors (Lipinski definition) is 1. The van der Waals surface area contributed by atoms with Gasteiger partial charge in [0.1, 0.15) is 16.4 Å². The molecular formula is C22H15Cl2FN4O2S. The Bertz CT molecular complexity index is 1280. The monoisotopic (exact) mass is 488 g/mol. The molecule has 4 rings (SSSR count). The van der Waals surface area contributed by atoms with Gasteiger partial charge in [-0.3, -0.25) is 9.59 Å². The van der Waals surface area contributed by atoms with Crippen LogP contribution < -0.4 is 10.2 Å². The van der Waals surface area contributed by atoms with Crippen molar-refractivity contribution in [3.63, 3.8) is 0 Å². The zero-order valence-electron chi connectivity index (χ0n) is 16.8. The summed E-state index contributed by atoms with van der Waals surface area (Å²) in [6.07, 6.45) is 0. The number of thioether (sulfide) groups is 1. The molecule has 32 heavy (non-hydrogen) atoms. The van der Waals surface area contributed by atoms with Crippen molar-refractivity contribution in [2.24, 2.45) is 0 Å². The van der Waals surface area contributed by atoms with Crippen LogP contribution in [0.3, 0.4) is 0 Å². The summed E-state index contributed by atoms with van der Waals surface area (Å²) < 4.78 is 14.5. The Morgan fingerprint density at radius 3 is 2.28 bits per heavy atom. The van der Waals surface area contributed by atoms with Crippen molar-refractivity contribution in [3.05, 3.63) is 86.4 Å². The second kappa shape index (κ2) is 8.90. The van der Waals surface area contributed by atoms with E-state index in [0.29, 0.717) is 27.3 Å². The Kier molecular flexibility index (Phi) is 6.19. The maximum absolute atomic E-state index is 14.5. The Labute approximate surface area is 197 Å². The molecule has 0 saturated carbocycles. The van der Waals surface area contributed by atoms with Crippen molar-refractivity contribution in [1.82, 2.24) is 9.97 Å². The number of nitrogens with zero attached hydrogens (tertiary/aromatic N) is 3. The van der Waals surface area contributed by atoms with Gasteiger partial charge >= 0.3 is 0 Å². The van der Waals surface area contributed by atoms with E-state index in [-0.39, 0.29) is 21.3 Å². The smallest absolute Gasteiger partial charge is 0.283 e. The van der Waals surface area contributed by atoms with E-state index in [2.05, 4.69) is 15.3 Å². The third-order valence-electron chi connectivity index (χ3n) is 4.48. The highest BCUT2D eigenvalue weighted by Gasteiger charge is 2.41. The van der Waals surface area contributed by atoms with E-state index in [4.69, 9.17) is 23.2 Å². The molecule has 0 fully saturated rings. The van der Waals surface area contributed by atoms with E-state index in [0.717, 1.165) is 16.7 Å². The van der Waals surface area contributed by atoms with Gasteiger partial charge in [0.25, 0.3) is 11.8 Å². The van der Waals surface area contributed by atoms with Crippen LogP contribution in [0, 0.1) is 19.7 Å². The lowest BCUT2D eigenvalue weighted by molar-refractivity contribution is -0.120. The van der Waals surface area contributed by atoms with Crippen molar-refractivity contribution in [2.45, 2.75) is 19.0 Å². The third-order valence-corrected chi connectivity index (χ3v) is 6.17. The number of aryl methyl sites for hydroxylation is 2. The lowest BCUT2D eigenvalue weighted by Gasteiger charge is -2.16. The van der Waals surface area contributed by atoms with E-state index in [1.54, 1.807) is 38.1 Å². The van der Waals surface area contributed by atoms with Crippen LogP contribution in [0.25, 0.3) is 0 Å². The Hall–Kier alpha value is -2.94. The minimum atomic E-state index is -0.710. The van der Waals surface area contributed by atoms with Crippen LogP contribution in [-0.4, -0.2) is 21.8 Å². The van der Waals surface area contributed by atoms with Crippen molar-refractivity contribution < 1.29 is 14.0 Å². The third kappa shape index (κ3) is 4.34. The predicted molar refractivity (Wildman–Crippen MR) is 123 cm³/mol. The highest BCUT2D eigenvalue weighted by atomic mass is 35.5. The standard InChI is InChI=1S/C22H15Cl2FN4O2S/c1-11-9-12(2)27-22(26-11)32-19-18(28-13-7-8-14(23)15(24)10-13)20(30)29(21(19)31)17-6-4-3-5-16(17)25/h3-10,28H,1-2H3. The van der Waals surface area contributed by atoms with Gasteiger partial charge in [0, 0.05) is 17.1 Å². The number of para-hydroxylation sites is 1. The molecule has 0 unspecified atom stereocenters. The first-order valence-electron chi connectivity index (χ1n) is 9.34. The number of imide groups is 1. The fraction of sp³-hybridized carbons (Fsp3) is 0.0909. The molecule has 1 N–H and O–H groups in total.